The molecule has 1 amide bonds. The standard InChI is InChI=1S/C19H21ClN2O6S2/c20-16-3-1-15(2-4-16)13-29(24,25)14-19(23)21-17-5-7-18(8-6-17)30(26,27)22-9-11-28-12-10-22/h1-8H,9-14H2,(H,21,23). The number of rotatable bonds is 7. The van der Waals surface area contributed by atoms with Crippen molar-refractivity contribution in [2.24, 2.45) is 0 Å². The van der Waals surface area contributed by atoms with E-state index < -0.39 is 31.5 Å². The first-order valence-corrected chi connectivity index (χ1v) is 12.7. The summed E-state index contributed by atoms with van der Waals surface area (Å²) in [5, 5.41) is 2.98. The van der Waals surface area contributed by atoms with E-state index in [9.17, 15) is 21.6 Å². The third kappa shape index (κ3) is 6.02. The van der Waals surface area contributed by atoms with E-state index in [-0.39, 0.29) is 23.7 Å². The highest BCUT2D eigenvalue weighted by Crippen LogP contribution is 2.20. The number of carbonyl (C=O) groups is 1. The highest BCUT2D eigenvalue weighted by atomic mass is 35.5. The number of carbonyl (C=O) groups excluding carboxylic acids is 1. The van der Waals surface area contributed by atoms with Gasteiger partial charge in [-0.1, -0.05) is 23.7 Å². The first-order chi connectivity index (χ1) is 14.2. The van der Waals surface area contributed by atoms with Crippen LogP contribution < -0.4 is 5.32 Å². The molecule has 1 fully saturated rings. The Balaban J connectivity index is 1.60. The number of nitrogens with zero attached hydrogens (tertiary/aromatic N) is 1. The molecule has 1 saturated heterocycles. The molecule has 2 aromatic rings. The summed E-state index contributed by atoms with van der Waals surface area (Å²) in [6.45, 7) is 1.26. The third-order valence-corrected chi connectivity index (χ3v) is 8.04. The fraction of sp³-hybridized carbons (Fsp3) is 0.316. The van der Waals surface area contributed by atoms with Crippen LogP contribution in [-0.2, 0) is 35.1 Å². The minimum absolute atomic E-state index is 0.0951. The molecule has 0 atom stereocenters. The van der Waals surface area contributed by atoms with Crippen molar-refractivity contribution in [2.75, 3.05) is 37.4 Å². The maximum Gasteiger partial charge on any atom is 0.243 e. The molecule has 0 unspecified atom stereocenters. The third-order valence-electron chi connectivity index (χ3n) is 4.40. The molecule has 3 rings (SSSR count). The van der Waals surface area contributed by atoms with Gasteiger partial charge in [0.1, 0.15) is 5.75 Å². The van der Waals surface area contributed by atoms with E-state index in [0.717, 1.165) is 0 Å². The molecule has 30 heavy (non-hydrogen) atoms. The zero-order valence-electron chi connectivity index (χ0n) is 16.0. The number of sulfonamides is 1. The molecule has 8 nitrogen and oxygen atoms in total. The van der Waals surface area contributed by atoms with Crippen molar-refractivity contribution in [1.82, 2.24) is 4.31 Å². The lowest BCUT2D eigenvalue weighted by Gasteiger charge is -2.26. The number of hydrogen-bond donors (Lipinski definition) is 1. The second kappa shape index (κ2) is 9.44. The van der Waals surface area contributed by atoms with Gasteiger partial charge in [0.2, 0.25) is 15.9 Å². The summed E-state index contributed by atoms with van der Waals surface area (Å²) in [5.74, 6) is -1.68. The zero-order valence-corrected chi connectivity index (χ0v) is 18.3. The first kappa shape index (κ1) is 22.7. The molecule has 2 aromatic carbocycles. The number of sulfone groups is 1. The maximum atomic E-state index is 12.6. The molecule has 0 aromatic heterocycles. The van der Waals surface area contributed by atoms with Crippen LogP contribution in [0.4, 0.5) is 5.69 Å². The number of hydrogen-bond acceptors (Lipinski definition) is 6. The fourth-order valence-corrected chi connectivity index (χ4v) is 5.74. The largest absolute Gasteiger partial charge is 0.379 e. The first-order valence-electron chi connectivity index (χ1n) is 9.08. The molecule has 162 valence electrons. The van der Waals surface area contributed by atoms with E-state index >= 15 is 0 Å². The highest BCUT2D eigenvalue weighted by molar-refractivity contribution is 7.91. The molecule has 1 aliphatic rings. The number of halogens is 1. The average Bonchev–Trinajstić information content (AvgIpc) is 2.70. The lowest BCUT2D eigenvalue weighted by atomic mass is 10.2. The zero-order chi connectivity index (χ0) is 21.8. The van der Waals surface area contributed by atoms with Crippen LogP contribution in [-0.4, -0.2) is 59.1 Å². The number of anilines is 1. The Morgan fingerprint density at radius 1 is 0.967 bits per heavy atom. The molecule has 11 heteroatoms. The van der Waals surface area contributed by atoms with Gasteiger partial charge in [-0.2, -0.15) is 4.31 Å². The Kier molecular flexibility index (Phi) is 7.14. The molecule has 0 saturated carbocycles. The Labute approximate surface area is 180 Å². The number of nitrogens with one attached hydrogen (secondary N) is 1. The maximum absolute atomic E-state index is 12.6. The number of amides is 1. The smallest absolute Gasteiger partial charge is 0.243 e. The van der Waals surface area contributed by atoms with Crippen LogP contribution in [0, 0.1) is 0 Å². The topological polar surface area (TPSA) is 110 Å². The van der Waals surface area contributed by atoms with Crippen molar-refractivity contribution in [2.45, 2.75) is 10.6 Å². The van der Waals surface area contributed by atoms with E-state index in [2.05, 4.69) is 5.32 Å². The van der Waals surface area contributed by atoms with Gasteiger partial charge in [0.05, 0.1) is 23.9 Å². The normalized spacial score (nSPS) is 15.6. The summed E-state index contributed by atoms with van der Waals surface area (Å²) in [4.78, 5) is 12.2. The Bertz CT molecular complexity index is 1090. The summed E-state index contributed by atoms with van der Waals surface area (Å²) < 4.78 is 56.2. The van der Waals surface area contributed by atoms with E-state index in [1.165, 1.54) is 28.6 Å². The second-order valence-electron chi connectivity index (χ2n) is 6.75. The van der Waals surface area contributed by atoms with Crippen LogP contribution in [0.1, 0.15) is 5.56 Å². The Hall–Kier alpha value is -1.98. The Morgan fingerprint density at radius 2 is 1.57 bits per heavy atom. The second-order valence-corrected chi connectivity index (χ2v) is 11.2. The van der Waals surface area contributed by atoms with Gasteiger partial charge in [0.15, 0.2) is 9.84 Å². The molecule has 0 spiro atoms. The van der Waals surface area contributed by atoms with Gasteiger partial charge < -0.3 is 10.1 Å². The van der Waals surface area contributed by atoms with Crippen molar-refractivity contribution < 1.29 is 26.4 Å². The van der Waals surface area contributed by atoms with Crippen molar-refractivity contribution >= 4 is 43.1 Å². The van der Waals surface area contributed by atoms with E-state index in [4.69, 9.17) is 16.3 Å². The molecular weight excluding hydrogens is 452 g/mol. The fourth-order valence-electron chi connectivity index (χ4n) is 2.93. The van der Waals surface area contributed by atoms with Crippen LogP contribution in [0.2, 0.25) is 5.02 Å². The summed E-state index contributed by atoms with van der Waals surface area (Å²) in [5.41, 5.74) is 0.840. The van der Waals surface area contributed by atoms with Gasteiger partial charge in [-0.05, 0) is 42.0 Å². The molecule has 0 radical (unpaired) electrons. The highest BCUT2D eigenvalue weighted by Gasteiger charge is 2.26. The minimum atomic E-state index is -3.68. The van der Waals surface area contributed by atoms with Crippen LogP contribution in [0.3, 0.4) is 0 Å². The van der Waals surface area contributed by atoms with E-state index in [1.807, 2.05) is 0 Å². The van der Waals surface area contributed by atoms with Crippen LogP contribution in [0.15, 0.2) is 53.4 Å². The van der Waals surface area contributed by atoms with E-state index in [1.54, 1.807) is 24.3 Å². The lowest BCUT2D eigenvalue weighted by molar-refractivity contribution is -0.113. The molecule has 0 bridgehead atoms. The predicted molar refractivity (Wildman–Crippen MR) is 114 cm³/mol. The van der Waals surface area contributed by atoms with Crippen LogP contribution in [0.25, 0.3) is 0 Å². The molecule has 1 heterocycles. The molecular formula is C19H21ClN2O6S2. The number of benzene rings is 2. The monoisotopic (exact) mass is 472 g/mol. The van der Waals surface area contributed by atoms with Crippen molar-refractivity contribution in [3.8, 4) is 0 Å². The van der Waals surface area contributed by atoms with Crippen LogP contribution >= 0.6 is 11.6 Å². The van der Waals surface area contributed by atoms with Gasteiger partial charge in [-0.25, -0.2) is 16.8 Å². The predicted octanol–water partition coefficient (Wildman–Crippen LogP) is 1.91. The van der Waals surface area contributed by atoms with E-state index in [0.29, 0.717) is 29.5 Å². The molecule has 1 aliphatic heterocycles. The van der Waals surface area contributed by atoms with Gasteiger partial charge in [-0.3, -0.25) is 4.79 Å². The lowest BCUT2D eigenvalue weighted by Crippen LogP contribution is -2.40. The van der Waals surface area contributed by atoms with Crippen molar-refractivity contribution in [3.05, 3.63) is 59.1 Å². The SMILES string of the molecule is O=C(CS(=O)(=O)Cc1ccc(Cl)cc1)Nc1ccc(S(=O)(=O)N2CCOCC2)cc1. The van der Waals surface area contributed by atoms with Gasteiger partial charge in [-0.15, -0.1) is 0 Å². The summed E-state index contributed by atoms with van der Waals surface area (Å²) in [7, 11) is -7.32. The summed E-state index contributed by atoms with van der Waals surface area (Å²) in [6.07, 6.45) is 0. The molecule has 0 aliphatic carbocycles. The van der Waals surface area contributed by atoms with Crippen LogP contribution in [0.5, 0.6) is 0 Å². The van der Waals surface area contributed by atoms with Gasteiger partial charge in [0, 0.05) is 23.8 Å². The number of ether oxygens (including phenoxy) is 1. The van der Waals surface area contributed by atoms with Gasteiger partial charge in [0.25, 0.3) is 0 Å². The average molecular weight is 473 g/mol. The quantitative estimate of drug-likeness (QED) is 0.659. The van der Waals surface area contributed by atoms with Crippen molar-refractivity contribution in [1.29, 1.82) is 0 Å². The minimum Gasteiger partial charge on any atom is -0.379 e. The Morgan fingerprint density at radius 3 is 2.17 bits per heavy atom. The van der Waals surface area contributed by atoms with Crippen molar-refractivity contribution in [3.63, 3.8) is 0 Å². The number of morpholine rings is 1. The molecule has 1 N–H and O–H groups in total. The summed E-state index contributed by atoms with van der Waals surface area (Å²) in [6, 6.07) is 12.0. The van der Waals surface area contributed by atoms with Gasteiger partial charge >= 0.3 is 0 Å². The summed E-state index contributed by atoms with van der Waals surface area (Å²) >= 11 is 5.78.